The minimum absolute atomic E-state index is 0.138. The van der Waals surface area contributed by atoms with E-state index in [0.29, 0.717) is 6.42 Å². The fourth-order valence-electron chi connectivity index (χ4n) is 0.402. The largest absolute Gasteiger partial charge is 0.300 e. The molecular formula is C6H11ClO. The Morgan fingerprint density at radius 2 is 2.25 bits per heavy atom. The highest BCUT2D eigenvalue weighted by molar-refractivity contribution is 6.20. The minimum Gasteiger partial charge on any atom is -0.300 e. The van der Waals surface area contributed by atoms with Gasteiger partial charge in [-0.15, -0.1) is 11.6 Å². The van der Waals surface area contributed by atoms with Gasteiger partial charge < -0.3 is 4.79 Å². The second-order valence-electron chi connectivity index (χ2n) is 2.02. The summed E-state index contributed by atoms with van der Waals surface area (Å²) in [6.45, 7) is 3.48. The van der Waals surface area contributed by atoms with Crippen molar-refractivity contribution in [3.63, 3.8) is 0 Å². The summed E-state index contributed by atoms with van der Waals surface area (Å²) in [5, 5.41) is 0.138. The summed E-state index contributed by atoms with van der Waals surface area (Å²) in [4.78, 5) is 10.3. The predicted octanol–water partition coefficient (Wildman–Crippen LogP) is 1.98. The standard InChI is InChI=1S/C6H11ClO/c1-5(7)3-4-6(2)8/h5H,3-4H2,1-2H3/t5-/m0/s1. The predicted molar refractivity (Wildman–Crippen MR) is 35.2 cm³/mol. The van der Waals surface area contributed by atoms with E-state index in [2.05, 4.69) is 0 Å². The molecule has 0 saturated heterocycles. The summed E-state index contributed by atoms with van der Waals surface area (Å²) < 4.78 is 0. The number of hydrogen-bond donors (Lipinski definition) is 0. The summed E-state index contributed by atoms with van der Waals surface area (Å²) >= 11 is 5.57. The van der Waals surface area contributed by atoms with Crippen molar-refractivity contribution in [1.29, 1.82) is 0 Å². The van der Waals surface area contributed by atoms with Gasteiger partial charge in [-0.1, -0.05) is 0 Å². The first-order valence-corrected chi connectivity index (χ1v) is 3.20. The summed E-state index contributed by atoms with van der Waals surface area (Å²) in [6.07, 6.45) is 1.42. The first kappa shape index (κ1) is 7.96. The Balaban J connectivity index is 3.05. The van der Waals surface area contributed by atoms with Gasteiger partial charge in [-0.2, -0.15) is 0 Å². The summed E-state index contributed by atoms with van der Waals surface area (Å²) in [5.74, 6) is 0.220. The average Bonchev–Trinajstić information content (AvgIpc) is 1.61. The molecule has 0 spiro atoms. The number of carbonyl (C=O) groups excluding carboxylic acids is 1. The van der Waals surface area contributed by atoms with Gasteiger partial charge in [0.1, 0.15) is 5.78 Å². The third-order valence-electron chi connectivity index (χ3n) is 0.894. The molecule has 1 nitrogen and oxygen atoms in total. The van der Waals surface area contributed by atoms with Crippen LogP contribution >= 0.6 is 11.6 Å². The van der Waals surface area contributed by atoms with E-state index in [0.717, 1.165) is 6.42 Å². The van der Waals surface area contributed by atoms with Gasteiger partial charge in [-0.3, -0.25) is 0 Å². The number of halogens is 1. The lowest BCUT2D eigenvalue weighted by Gasteiger charge is -1.96. The fourth-order valence-corrected chi connectivity index (χ4v) is 0.511. The number of hydrogen-bond acceptors (Lipinski definition) is 1. The molecule has 0 amide bonds. The molecule has 1 atom stereocenters. The van der Waals surface area contributed by atoms with Crippen molar-refractivity contribution >= 4 is 17.4 Å². The molecule has 0 unspecified atom stereocenters. The molecular weight excluding hydrogens is 124 g/mol. The Labute approximate surface area is 55.0 Å². The summed E-state index contributed by atoms with van der Waals surface area (Å²) in [6, 6.07) is 0. The summed E-state index contributed by atoms with van der Waals surface area (Å²) in [7, 11) is 0. The van der Waals surface area contributed by atoms with Crippen molar-refractivity contribution in [2.45, 2.75) is 32.1 Å². The van der Waals surface area contributed by atoms with Crippen molar-refractivity contribution < 1.29 is 4.79 Å². The van der Waals surface area contributed by atoms with E-state index in [9.17, 15) is 4.79 Å². The molecule has 0 aliphatic carbocycles. The van der Waals surface area contributed by atoms with Crippen LogP contribution in [0.5, 0.6) is 0 Å². The fraction of sp³-hybridized carbons (Fsp3) is 0.833. The Kier molecular flexibility index (Phi) is 3.88. The zero-order chi connectivity index (χ0) is 6.57. The zero-order valence-corrected chi connectivity index (χ0v) is 6.03. The second-order valence-corrected chi connectivity index (χ2v) is 2.77. The van der Waals surface area contributed by atoms with Gasteiger partial charge in [0.15, 0.2) is 0 Å². The van der Waals surface area contributed by atoms with Gasteiger partial charge in [0.2, 0.25) is 0 Å². The number of alkyl halides is 1. The molecule has 8 heavy (non-hydrogen) atoms. The molecule has 0 aromatic rings. The quantitative estimate of drug-likeness (QED) is 0.540. The molecule has 0 aromatic heterocycles. The van der Waals surface area contributed by atoms with Crippen molar-refractivity contribution in [2.24, 2.45) is 0 Å². The molecule has 0 aliphatic heterocycles. The lowest BCUT2D eigenvalue weighted by molar-refractivity contribution is -0.117. The van der Waals surface area contributed by atoms with E-state index in [4.69, 9.17) is 11.6 Å². The molecule has 2 heteroatoms. The maximum Gasteiger partial charge on any atom is 0.129 e. The average molecular weight is 135 g/mol. The Morgan fingerprint density at radius 1 is 1.75 bits per heavy atom. The summed E-state index contributed by atoms with van der Waals surface area (Å²) in [5.41, 5.74) is 0. The molecule has 0 saturated carbocycles. The van der Waals surface area contributed by atoms with Crippen LogP contribution in [0.4, 0.5) is 0 Å². The van der Waals surface area contributed by atoms with Crippen LogP contribution in [-0.4, -0.2) is 11.2 Å². The van der Waals surface area contributed by atoms with E-state index < -0.39 is 0 Å². The van der Waals surface area contributed by atoms with Crippen LogP contribution in [-0.2, 0) is 4.79 Å². The third kappa shape index (κ3) is 5.96. The molecule has 0 aromatic carbocycles. The Bertz CT molecular complexity index is 78.6. The van der Waals surface area contributed by atoms with Gasteiger partial charge in [-0.05, 0) is 20.3 Å². The molecule has 48 valence electrons. The van der Waals surface area contributed by atoms with Crippen LogP contribution < -0.4 is 0 Å². The van der Waals surface area contributed by atoms with Crippen LogP contribution in [0.25, 0.3) is 0 Å². The molecule has 0 N–H and O–H groups in total. The van der Waals surface area contributed by atoms with Crippen molar-refractivity contribution in [3.05, 3.63) is 0 Å². The van der Waals surface area contributed by atoms with Gasteiger partial charge in [0.25, 0.3) is 0 Å². The van der Waals surface area contributed by atoms with Gasteiger partial charge >= 0.3 is 0 Å². The van der Waals surface area contributed by atoms with Crippen molar-refractivity contribution in [1.82, 2.24) is 0 Å². The lowest BCUT2D eigenvalue weighted by atomic mass is 10.2. The lowest BCUT2D eigenvalue weighted by Crippen LogP contribution is -1.95. The molecule has 0 rings (SSSR count). The zero-order valence-electron chi connectivity index (χ0n) is 5.28. The van der Waals surface area contributed by atoms with Crippen LogP contribution in [0.15, 0.2) is 0 Å². The van der Waals surface area contributed by atoms with Crippen LogP contribution in [0, 0.1) is 0 Å². The highest BCUT2D eigenvalue weighted by atomic mass is 35.5. The van der Waals surface area contributed by atoms with Crippen molar-refractivity contribution in [2.75, 3.05) is 0 Å². The minimum atomic E-state index is 0.138. The third-order valence-corrected chi connectivity index (χ3v) is 1.11. The molecule has 0 radical (unpaired) electrons. The highest BCUT2D eigenvalue weighted by Crippen LogP contribution is 2.02. The monoisotopic (exact) mass is 134 g/mol. The van der Waals surface area contributed by atoms with Crippen LogP contribution in [0.1, 0.15) is 26.7 Å². The maximum absolute atomic E-state index is 10.3. The first-order valence-electron chi connectivity index (χ1n) is 2.76. The number of Topliss-reactive ketones (excluding diaryl/α,β-unsaturated/α-hetero) is 1. The van der Waals surface area contributed by atoms with Gasteiger partial charge in [0.05, 0.1) is 0 Å². The maximum atomic E-state index is 10.3. The molecule has 0 aliphatic rings. The van der Waals surface area contributed by atoms with E-state index >= 15 is 0 Å². The molecule has 0 bridgehead atoms. The van der Waals surface area contributed by atoms with Crippen LogP contribution in [0.3, 0.4) is 0 Å². The Hall–Kier alpha value is -0.0400. The number of ketones is 1. The Morgan fingerprint density at radius 3 is 2.38 bits per heavy atom. The van der Waals surface area contributed by atoms with E-state index in [1.54, 1.807) is 6.92 Å². The van der Waals surface area contributed by atoms with E-state index in [1.807, 2.05) is 6.92 Å². The molecule has 0 fully saturated rings. The molecule has 0 heterocycles. The van der Waals surface area contributed by atoms with Gasteiger partial charge in [-0.25, -0.2) is 0 Å². The van der Waals surface area contributed by atoms with E-state index in [1.165, 1.54) is 0 Å². The normalized spacial score (nSPS) is 13.4. The van der Waals surface area contributed by atoms with Gasteiger partial charge in [0, 0.05) is 11.8 Å². The second kappa shape index (κ2) is 3.90. The number of rotatable bonds is 3. The highest BCUT2D eigenvalue weighted by Gasteiger charge is 1.97. The number of carbonyl (C=O) groups is 1. The first-order chi connectivity index (χ1) is 3.63. The van der Waals surface area contributed by atoms with E-state index in [-0.39, 0.29) is 11.2 Å². The SMILES string of the molecule is CC(=O)CC[C@H](C)Cl. The topological polar surface area (TPSA) is 17.1 Å². The van der Waals surface area contributed by atoms with Crippen LogP contribution in [0.2, 0.25) is 0 Å². The van der Waals surface area contributed by atoms with Crippen molar-refractivity contribution in [3.8, 4) is 0 Å². The smallest absolute Gasteiger partial charge is 0.129 e.